The molecule has 28 heavy (non-hydrogen) atoms. The number of halogens is 2. The van der Waals surface area contributed by atoms with Crippen LogP contribution in [0.2, 0.25) is 0 Å². The molecule has 4 aromatic heterocycles. The normalized spacial score (nSPS) is 11.5. The molecule has 0 saturated heterocycles. The van der Waals surface area contributed by atoms with E-state index < -0.39 is 23.3 Å². The number of aromatic nitrogens is 4. The van der Waals surface area contributed by atoms with Crippen molar-refractivity contribution in [1.82, 2.24) is 19.8 Å². The van der Waals surface area contributed by atoms with Crippen LogP contribution in [-0.2, 0) is 0 Å². The average molecular weight is 406 g/mol. The third-order valence-corrected chi connectivity index (χ3v) is 5.14. The Morgan fingerprint density at radius 3 is 2.82 bits per heavy atom. The van der Waals surface area contributed by atoms with E-state index in [1.807, 2.05) is 6.92 Å². The number of hydrogen-bond donors (Lipinski definition) is 1. The van der Waals surface area contributed by atoms with Gasteiger partial charge in [0.25, 0.3) is 0 Å². The molecule has 1 N–H and O–H groups in total. The van der Waals surface area contributed by atoms with E-state index in [0.29, 0.717) is 22.5 Å². The summed E-state index contributed by atoms with van der Waals surface area (Å²) in [6.07, 6.45) is 3.34. The van der Waals surface area contributed by atoms with Crippen molar-refractivity contribution in [3.05, 3.63) is 40.9 Å². The predicted molar refractivity (Wildman–Crippen MR) is 94.9 cm³/mol. The first-order valence-electron chi connectivity index (χ1n) is 7.95. The second kappa shape index (κ2) is 6.68. The zero-order valence-electron chi connectivity index (χ0n) is 14.5. The van der Waals surface area contributed by atoms with Crippen molar-refractivity contribution in [2.45, 2.75) is 20.5 Å². The molecule has 0 radical (unpaired) electrons. The van der Waals surface area contributed by atoms with Gasteiger partial charge in [0.15, 0.2) is 4.88 Å². The smallest absolute Gasteiger partial charge is 0.388 e. The molecule has 0 spiro atoms. The van der Waals surface area contributed by atoms with Gasteiger partial charge < -0.3 is 14.4 Å². The van der Waals surface area contributed by atoms with Crippen LogP contribution in [0.25, 0.3) is 27.2 Å². The lowest BCUT2D eigenvalue weighted by Gasteiger charge is -2.02. The number of aromatic carboxylic acids is 1. The lowest BCUT2D eigenvalue weighted by molar-refractivity contribution is -0.0528. The summed E-state index contributed by atoms with van der Waals surface area (Å²) in [4.78, 5) is 14.9. The Morgan fingerprint density at radius 1 is 1.39 bits per heavy atom. The van der Waals surface area contributed by atoms with Crippen LogP contribution in [0, 0.1) is 13.8 Å². The maximum absolute atomic E-state index is 12.6. The van der Waals surface area contributed by atoms with Gasteiger partial charge in [0.2, 0.25) is 5.88 Å². The third kappa shape index (κ3) is 2.99. The molecule has 0 saturated carbocycles. The van der Waals surface area contributed by atoms with E-state index in [0.717, 1.165) is 22.5 Å². The molecule has 0 bridgehead atoms. The minimum Gasteiger partial charge on any atom is -0.477 e. The Hall–Kier alpha value is -3.34. The SMILES string of the molecule is Cc1noc(C)c1-c1cnn2ccc(-c3nc(OC(F)F)c(C(=O)O)s3)cc12. The summed E-state index contributed by atoms with van der Waals surface area (Å²) in [7, 11) is 0. The van der Waals surface area contributed by atoms with Gasteiger partial charge in [0.1, 0.15) is 10.8 Å². The number of nitrogens with zero attached hydrogens (tertiary/aromatic N) is 4. The summed E-state index contributed by atoms with van der Waals surface area (Å²) < 4.78 is 36.2. The van der Waals surface area contributed by atoms with E-state index in [9.17, 15) is 18.7 Å². The lowest BCUT2D eigenvalue weighted by atomic mass is 10.1. The molecule has 4 rings (SSSR count). The van der Waals surface area contributed by atoms with E-state index in [4.69, 9.17) is 4.52 Å². The monoisotopic (exact) mass is 406 g/mol. The quantitative estimate of drug-likeness (QED) is 0.534. The zero-order valence-corrected chi connectivity index (χ0v) is 15.3. The molecule has 0 aromatic carbocycles. The van der Waals surface area contributed by atoms with Gasteiger partial charge in [0.05, 0.1) is 23.0 Å². The van der Waals surface area contributed by atoms with Gasteiger partial charge >= 0.3 is 12.6 Å². The fourth-order valence-electron chi connectivity index (χ4n) is 2.90. The van der Waals surface area contributed by atoms with Crippen LogP contribution in [0.4, 0.5) is 8.78 Å². The number of carbonyl (C=O) groups is 1. The first kappa shape index (κ1) is 18.0. The molecule has 8 nitrogen and oxygen atoms in total. The Labute approximate surface area is 160 Å². The molecule has 4 aromatic rings. The van der Waals surface area contributed by atoms with Gasteiger partial charge in [-0.15, -0.1) is 11.3 Å². The highest BCUT2D eigenvalue weighted by Gasteiger charge is 2.23. The van der Waals surface area contributed by atoms with Crippen LogP contribution < -0.4 is 4.74 Å². The number of hydrogen-bond acceptors (Lipinski definition) is 7. The highest BCUT2D eigenvalue weighted by molar-refractivity contribution is 7.17. The zero-order chi connectivity index (χ0) is 20.0. The fourth-order valence-corrected chi connectivity index (χ4v) is 3.74. The van der Waals surface area contributed by atoms with Crippen molar-refractivity contribution in [1.29, 1.82) is 0 Å². The maximum Gasteiger partial charge on any atom is 0.388 e. The van der Waals surface area contributed by atoms with Crippen molar-refractivity contribution < 1.29 is 27.9 Å². The fraction of sp³-hybridized carbons (Fsp3) is 0.176. The summed E-state index contributed by atoms with van der Waals surface area (Å²) in [5.74, 6) is -1.36. The Kier molecular flexibility index (Phi) is 4.30. The van der Waals surface area contributed by atoms with Crippen molar-refractivity contribution in [2.24, 2.45) is 0 Å². The van der Waals surface area contributed by atoms with E-state index >= 15 is 0 Å². The second-order valence-electron chi connectivity index (χ2n) is 5.84. The summed E-state index contributed by atoms with van der Waals surface area (Å²) in [6.45, 7) is 0.431. The van der Waals surface area contributed by atoms with Gasteiger partial charge in [-0.1, -0.05) is 5.16 Å². The number of alkyl halides is 2. The first-order chi connectivity index (χ1) is 13.3. The minimum absolute atomic E-state index is 0.237. The highest BCUT2D eigenvalue weighted by atomic mass is 32.1. The van der Waals surface area contributed by atoms with E-state index in [1.54, 1.807) is 36.0 Å². The van der Waals surface area contributed by atoms with Crippen molar-refractivity contribution in [2.75, 3.05) is 0 Å². The summed E-state index contributed by atoms with van der Waals surface area (Å²) in [5.41, 5.74) is 3.53. The highest BCUT2D eigenvalue weighted by Crippen LogP contribution is 2.36. The topological polar surface area (TPSA) is 103 Å². The number of ether oxygens (including phenoxy) is 1. The van der Waals surface area contributed by atoms with Gasteiger partial charge in [0, 0.05) is 17.3 Å². The number of thiazole rings is 1. The Morgan fingerprint density at radius 2 is 2.18 bits per heavy atom. The summed E-state index contributed by atoms with van der Waals surface area (Å²) >= 11 is 0.754. The maximum atomic E-state index is 12.6. The average Bonchev–Trinajstić information content (AvgIpc) is 3.31. The van der Waals surface area contributed by atoms with Crippen LogP contribution in [-0.4, -0.2) is 37.4 Å². The van der Waals surface area contributed by atoms with Crippen molar-refractivity contribution in [3.63, 3.8) is 0 Å². The lowest BCUT2D eigenvalue weighted by Crippen LogP contribution is -2.06. The van der Waals surface area contributed by atoms with Crippen LogP contribution in [0.3, 0.4) is 0 Å². The van der Waals surface area contributed by atoms with Crippen LogP contribution >= 0.6 is 11.3 Å². The molecule has 0 fully saturated rings. The molecule has 144 valence electrons. The number of rotatable bonds is 5. The number of carboxylic acid groups (broad SMARTS) is 1. The molecule has 0 aliphatic carbocycles. The number of carboxylic acids is 1. The van der Waals surface area contributed by atoms with Gasteiger partial charge in [-0.3, -0.25) is 0 Å². The van der Waals surface area contributed by atoms with E-state index in [2.05, 4.69) is 20.0 Å². The number of aryl methyl sites for hydroxylation is 2. The standard InChI is InChI=1S/C17H12F2N4O4S/c1-7-12(8(2)27-22-7)10-6-20-23-4-3-9(5-11(10)23)15-21-14(26-17(18)19)13(28-15)16(24)25/h3-6,17H,1-2H3,(H,24,25). The molecular formula is C17H12F2N4O4S. The molecule has 0 aliphatic rings. The van der Waals surface area contributed by atoms with E-state index in [1.165, 1.54) is 0 Å². The molecule has 0 unspecified atom stereocenters. The third-order valence-electron chi connectivity index (χ3n) is 4.06. The largest absolute Gasteiger partial charge is 0.477 e. The van der Waals surface area contributed by atoms with Gasteiger partial charge in [-0.2, -0.15) is 13.9 Å². The molecular weight excluding hydrogens is 394 g/mol. The predicted octanol–water partition coefficient (Wildman–Crippen LogP) is 4.03. The second-order valence-corrected chi connectivity index (χ2v) is 6.84. The first-order valence-corrected chi connectivity index (χ1v) is 8.76. The van der Waals surface area contributed by atoms with Gasteiger partial charge in [-0.05, 0) is 26.0 Å². The van der Waals surface area contributed by atoms with Crippen molar-refractivity contribution in [3.8, 4) is 27.6 Å². The van der Waals surface area contributed by atoms with Crippen LogP contribution in [0.5, 0.6) is 5.88 Å². The van der Waals surface area contributed by atoms with Crippen LogP contribution in [0.15, 0.2) is 29.0 Å². The van der Waals surface area contributed by atoms with Crippen LogP contribution in [0.1, 0.15) is 21.1 Å². The number of pyridine rings is 1. The Bertz CT molecular complexity index is 1180. The molecule has 0 atom stereocenters. The summed E-state index contributed by atoms with van der Waals surface area (Å²) in [6, 6.07) is 3.40. The minimum atomic E-state index is -3.17. The molecule has 4 heterocycles. The molecule has 0 aliphatic heterocycles. The number of fused-ring (bicyclic) bond motifs is 1. The van der Waals surface area contributed by atoms with E-state index in [-0.39, 0.29) is 5.01 Å². The van der Waals surface area contributed by atoms with Crippen molar-refractivity contribution >= 4 is 22.8 Å². The Balaban J connectivity index is 1.85. The molecule has 11 heteroatoms. The summed E-state index contributed by atoms with van der Waals surface area (Å²) in [5, 5.41) is 17.7. The molecule has 0 amide bonds. The van der Waals surface area contributed by atoms with Gasteiger partial charge in [-0.25, -0.2) is 14.3 Å².